The van der Waals surface area contributed by atoms with Gasteiger partial charge >= 0.3 is 0 Å². The molecule has 0 aromatic heterocycles. The second kappa shape index (κ2) is 5.40. The average Bonchev–Trinajstić information content (AvgIpc) is 2.39. The highest BCUT2D eigenvalue weighted by Crippen LogP contribution is 2.28. The van der Waals surface area contributed by atoms with E-state index in [1.54, 1.807) is 0 Å². The summed E-state index contributed by atoms with van der Waals surface area (Å²) in [5, 5.41) is 0. The van der Waals surface area contributed by atoms with Crippen LogP contribution in [-0.2, 0) is 0 Å². The van der Waals surface area contributed by atoms with Crippen molar-refractivity contribution in [3.8, 4) is 11.1 Å². The highest BCUT2D eigenvalue weighted by atomic mass is 16.1. The van der Waals surface area contributed by atoms with Gasteiger partial charge in [-0.2, -0.15) is 0 Å². The van der Waals surface area contributed by atoms with Gasteiger partial charge in [-0.1, -0.05) is 50.2 Å². The van der Waals surface area contributed by atoms with Gasteiger partial charge in [0, 0.05) is 11.5 Å². The van der Waals surface area contributed by atoms with Crippen LogP contribution in [0.5, 0.6) is 0 Å². The van der Waals surface area contributed by atoms with E-state index >= 15 is 0 Å². The first-order chi connectivity index (χ1) is 9.00. The molecule has 2 aromatic carbocycles. The summed E-state index contributed by atoms with van der Waals surface area (Å²) in [5.41, 5.74) is 5.61. The zero-order valence-electron chi connectivity index (χ0n) is 12.0. The molecule has 0 spiro atoms. The number of hydrogen-bond acceptors (Lipinski definition) is 1. The minimum atomic E-state index is 0.0347. The quantitative estimate of drug-likeness (QED) is 0.716. The molecule has 0 bridgehead atoms. The van der Waals surface area contributed by atoms with Crippen LogP contribution in [0, 0.1) is 19.8 Å². The molecule has 0 saturated carbocycles. The van der Waals surface area contributed by atoms with Crippen molar-refractivity contribution < 1.29 is 4.79 Å². The largest absolute Gasteiger partial charge is 0.294 e. The van der Waals surface area contributed by atoms with Gasteiger partial charge in [0.2, 0.25) is 0 Å². The maximum Gasteiger partial charge on any atom is 0.165 e. The number of carbonyl (C=O) groups excluding carboxylic acids is 1. The number of rotatable bonds is 3. The van der Waals surface area contributed by atoms with E-state index < -0.39 is 0 Å². The molecular weight excluding hydrogens is 232 g/mol. The van der Waals surface area contributed by atoms with E-state index in [2.05, 4.69) is 26.0 Å². The van der Waals surface area contributed by atoms with E-state index in [4.69, 9.17) is 0 Å². The second-order valence-electron chi connectivity index (χ2n) is 5.36. The lowest BCUT2D eigenvalue weighted by atomic mass is 9.92. The van der Waals surface area contributed by atoms with Gasteiger partial charge in [0.15, 0.2) is 5.78 Å². The van der Waals surface area contributed by atoms with Crippen LogP contribution in [0.3, 0.4) is 0 Å². The fraction of sp³-hybridized carbons (Fsp3) is 0.278. The van der Waals surface area contributed by atoms with Crippen molar-refractivity contribution in [3.05, 3.63) is 59.2 Å². The molecule has 0 saturated heterocycles. The first-order valence-corrected chi connectivity index (χ1v) is 6.71. The topological polar surface area (TPSA) is 17.1 Å². The standard InChI is InChI=1S/C18H20O/c1-12(2)18(19)15-10-9-14(4)17(11-15)16-8-6-5-7-13(16)3/h5-12H,1-4H3. The minimum absolute atomic E-state index is 0.0347. The molecule has 0 heterocycles. The van der Waals surface area contributed by atoms with Gasteiger partial charge in [0.25, 0.3) is 0 Å². The van der Waals surface area contributed by atoms with E-state index in [9.17, 15) is 4.79 Å². The Morgan fingerprint density at radius 2 is 1.53 bits per heavy atom. The third kappa shape index (κ3) is 2.76. The lowest BCUT2D eigenvalue weighted by molar-refractivity contribution is 0.0939. The third-order valence-corrected chi connectivity index (χ3v) is 3.48. The summed E-state index contributed by atoms with van der Waals surface area (Å²) in [4.78, 5) is 12.1. The average molecular weight is 252 g/mol. The Morgan fingerprint density at radius 3 is 2.16 bits per heavy atom. The molecule has 0 atom stereocenters. The van der Waals surface area contributed by atoms with Gasteiger partial charge in [-0.3, -0.25) is 4.79 Å². The van der Waals surface area contributed by atoms with E-state index in [0.29, 0.717) is 0 Å². The summed E-state index contributed by atoms with van der Waals surface area (Å²) in [6.45, 7) is 8.07. The lowest BCUT2D eigenvalue weighted by Gasteiger charge is -2.12. The van der Waals surface area contributed by atoms with Gasteiger partial charge in [0.1, 0.15) is 0 Å². The van der Waals surface area contributed by atoms with Gasteiger partial charge in [-0.25, -0.2) is 0 Å². The molecule has 19 heavy (non-hydrogen) atoms. The molecule has 98 valence electrons. The first kappa shape index (κ1) is 13.5. The Balaban J connectivity index is 2.55. The van der Waals surface area contributed by atoms with Crippen molar-refractivity contribution in [3.63, 3.8) is 0 Å². The zero-order chi connectivity index (χ0) is 14.0. The number of aryl methyl sites for hydroxylation is 2. The molecule has 0 fully saturated rings. The summed E-state index contributed by atoms with van der Waals surface area (Å²) in [5.74, 6) is 0.238. The molecule has 2 rings (SSSR count). The number of benzene rings is 2. The van der Waals surface area contributed by atoms with E-state index in [-0.39, 0.29) is 11.7 Å². The van der Waals surface area contributed by atoms with Crippen LogP contribution in [0.2, 0.25) is 0 Å². The van der Waals surface area contributed by atoms with Crippen molar-refractivity contribution in [2.24, 2.45) is 5.92 Å². The molecule has 1 heteroatoms. The van der Waals surface area contributed by atoms with Crippen LogP contribution in [0.15, 0.2) is 42.5 Å². The molecule has 0 unspecified atom stereocenters. The minimum Gasteiger partial charge on any atom is -0.294 e. The Bertz CT molecular complexity index is 609. The normalized spacial score (nSPS) is 10.8. The van der Waals surface area contributed by atoms with Crippen LogP contribution < -0.4 is 0 Å². The monoisotopic (exact) mass is 252 g/mol. The highest BCUT2D eigenvalue weighted by Gasteiger charge is 2.13. The highest BCUT2D eigenvalue weighted by molar-refractivity contribution is 5.98. The molecule has 2 aromatic rings. The first-order valence-electron chi connectivity index (χ1n) is 6.71. The third-order valence-electron chi connectivity index (χ3n) is 3.48. The van der Waals surface area contributed by atoms with Crippen molar-refractivity contribution in [1.82, 2.24) is 0 Å². The Hall–Kier alpha value is -1.89. The van der Waals surface area contributed by atoms with Gasteiger partial charge in [-0.05, 0) is 42.2 Å². The summed E-state index contributed by atoms with van der Waals surface area (Å²) in [6.07, 6.45) is 0. The smallest absolute Gasteiger partial charge is 0.165 e. The molecule has 0 amide bonds. The number of Topliss-reactive ketones (excluding diaryl/α,β-unsaturated/α-hetero) is 1. The fourth-order valence-electron chi connectivity index (χ4n) is 2.27. The van der Waals surface area contributed by atoms with Gasteiger partial charge < -0.3 is 0 Å². The maximum atomic E-state index is 12.1. The predicted molar refractivity (Wildman–Crippen MR) is 80.5 cm³/mol. The summed E-state index contributed by atoms with van der Waals surface area (Å²) in [7, 11) is 0. The van der Waals surface area contributed by atoms with Crippen molar-refractivity contribution in [1.29, 1.82) is 0 Å². The van der Waals surface area contributed by atoms with Crippen LogP contribution >= 0.6 is 0 Å². The Kier molecular flexibility index (Phi) is 3.84. The summed E-state index contributed by atoms with van der Waals surface area (Å²) in [6, 6.07) is 14.3. The van der Waals surface area contributed by atoms with Crippen molar-refractivity contribution >= 4 is 5.78 Å². The molecule has 1 nitrogen and oxygen atoms in total. The van der Waals surface area contributed by atoms with Crippen molar-refractivity contribution in [2.75, 3.05) is 0 Å². The SMILES string of the molecule is Cc1ccccc1-c1cc(C(=O)C(C)C)ccc1C. The second-order valence-corrected chi connectivity index (χ2v) is 5.36. The number of carbonyl (C=O) groups is 1. The summed E-state index contributed by atoms with van der Waals surface area (Å²) >= 11 is 0. The van der Waals surface area contributed by atoms with E-state index in [1.807, 2.05) is 44.2 Å². The molecule has 0 aliphatic heterocycles. The Morgan fingerprint density at radius 1 is 0.895 bits per heavy atom. The van der Waals surface area contributed by atoms with Crippen LogP contribution in [0.25, 0.3) is 11.1 Å². The maximum absolute atomic E-state index is 12.1. The van der Waals surface area contributed by atoms with Gasteiger partial charge in [-0.15, -0.1) is 0 Å². The molecule has 0 aliphatic carbocycles. The van der Waals surface area contributed by atoms with Crippen LogP contribution in [-0.4, -0.2) is 5.78 Å². The fourth-order valence-corrected chi connectivity index (χ4v) is 2.27. The number of hydrogen-bond donors (Lipinski definition) is 0. The lowest BCUT2D eigenvalue weighted by Crippen LogP contribution is -2.07. The van der Waals surface area contributed by atoms with E-state index in [0.717, 1.165) is 11.1 Å². The van der Waals surface area contributed by atoms with Crippen LogP contribution in [0.4, 0.5) is 0 Å². The summed E-state index contributed by atoms with van der Waals surface area (Å²) < 4.78 is 0. The van der Waals surface area contributed by atoms with Crippen molar-refractivity contribution in [2.45, 2.75) is 27.7 Å². The zero-order valence-corrected chi connectivity index (χ0v) is 12.0. The van der Waals surface area contributed by atoms with E-state index in [1.165, 1.54) is 16.7 Å². The van der Waals surface area contributed by atoms with Crippen LogP contribution in [0.1, 0.15) is 35.3 Å². The molecule has 0 N–H and O–H groups in total. The Labute approximate surface area is 115 Å². The molecule has 0 radical (unpaired) electrons. The van der Waals surface area contributed by atoms with Gasteiger partial charge in [0.05, 0.1) is 0 Å². The molecular formula is C18H20O. The molecule has 0 aliphatic rings. The number of ketones is 1. The predicted octanol–water partition coefficient (Wildman–Crippen LogP) is 4.81.